The Bertz CT molecular complexity index is 465. The molecule has 1 aromatic carbocycles. The van der Waals surface area contributed by atoms with E-state index in [4.69, 9.17) is 4.74 Å². The number of aliphatic hydroxyl groups excluding tert-OH is 1. The quantitative estimate of drug-likeness (QED) is 0.774. The van der Waals surface area contributed by atoms with Crippen LogP contribution < -0.4 is 10.1 Å². The van der Waals surface area contributed by atoms with Crippen molar-refractivity contribution in [3.05, 3.63) is 28.2 Å². The van der Waals surface area contributed by atoms with Gasteiger partial charge in [0.05, 0.1) is 6.10 Å². The number of piperidine rings is 1. The molecule has 2 aliphatic heterocycles. The number of ether oxygens (including phenoxy) is 1. The van der Waals surface area contributed by atoms with E-state index in [2.05, 4.69) is 28.2 Å². The smallest absolute Gasteiger partial charge is 0.126 e. The van der Waals surface area contributed by atoms with Crippen molar-refractivity contribution in [2.45, 2.75) is 31.5 Å². The van der Waals surface area contributed by atoms with Gasteiger partial charge in [0, 0.05) is 28.9 Å². The second kappa shape index (κ2) is 4.51. The van der Waals surface area contributed by atoms with Gasteiger partial charge in [-0.1, -0.05) is 22.9 Å². The van der Waals surface area contributed by atoms with Crippen LogP contribution in [-0.2, 0) is 0 Å². The van der Waals surface area contributed by atoms with Crippen molar-refractivity contribution in [2.24, 2.45) is 5.92 Å². The molecule has 3 unspecified atom stereocenters. The summed E-state index contributed by atoms with van der Waals surface area (Å²) in [5, 5.41) is 13.8. The number of halogens is 1. The number of hydrogen-bond donors (Lipinski definition) is 2. The predicted octanol–water partition coefficient (Wildman–Crippen LogP) is 2.63. The molecule has 4 heteroatoms. The third-order valence-electron chi connectivity index (χ3n) is 4.26. The fourth-order valence-corrected chi connectivity index (χ4v) is 3.46. The summed E-state index contributed by atoms with van der Waals surface area (Å²) in [6, 6.07) is 5.88. The molecule has 18 heavy (non-hydrogen) atoms. The maximum Gasteiger partial charge on any atom is 0.126 e. The molecule has 3 rings (SSSR count). The molecule has 1 spiro atoms. The molecule has 3 atom stereocenters. The Morgan fingerprint density at radius 2 is 2.33 bits per heavy atom. The van der Waals surface area contributed by atoms with Crippen LogP contribution in [-0.4, -0.2) is 23.8 Å². The molecular weight excluding hydrogens is 294 g/mol. The lowest BCUT2D eigenvalue weighted by molar-refractivity contribution is -0.0659. The van der Waals surface area contributed by atoms with Gasteiger partial charge in [0.2, 0.25) is 0 Å². The summed E-state index contributed by atoms with van der Waals surface area (Å²) in [4.78, 5) is 0. The van der Waals surface area contributed by atoms with Gasteiger partial charge in [-0.05, 0) is 31.2 Å². The molecule has 0 bridgehead atoms. The summed E-state index contributed by atoms with van der Waals surface area (Å²) in [5.74, 6) is 1.25. The third kappa shape index (κ3) is 1.96. The van der Waals surface area contributed by atoms with Crippen LogP contribution in [0.15, 0.2) is 22.7 Å². The number of benzene rings is 1. The first kappa shape index (κ1) is 12.5. The highest BCUT2D eigenvalue weighted by atomic mass is 79.9. The van der Waals surface area contributed by atoms with Crippen molar-refractivity contribution in [1.82, 2.24) is 5.32 Å². The van der Waals surface area contributed by atoms with Crippen LogP contribution in [0, 0.1) is 5.92 Å². The van der Waals surface area contributed by atoms with Crippen molar-refractivity contribution < 1.29 is 9.84 Å². The van der Waals surface area contributed by atoms with E-state index in [-0.39, 0.29) is 5.60 Å². The lowest BCUT2D eigenvalue weighted by Gasteiger charge is -2.47. The van der Waals surface area contributed by atoms with E-state index < -0.39 is 6.10 Å². The Labute approximate surface area is 116 Å². The highest BCUT2D eigenvalue weighted by Crippen LogP contribution is 2.45. The van der Waals surface area contributed by atoms with Crippen LogP contribution >= 0.6 is 15.9 Å². The van der Waals surface area contributed by atoms with Crippen LogP contribution in [0.25, 0.3) is 0 Å². The predicted molar refractivity (Wildman–Crippen MR) is 73.7 cm³/mol. The van der Waals surface area contributed by atoms with E-state index in [1.807, 2.05) is 18.2 Å². The summed E-state index contributed by atoms with van der Waals surface area (Å²) in [7, 11) is 0. The average Bonchev–Trinajstić information content (AvgIpc) is 2.34. The largest absolute Gasteiger partial charge is 0.486 e. The van der Waals surface area contributed by atoms with Gasteiger partial charge in [-0.15, -0.1) is 0 Å². The lowest BCUT2D eigenvalue weighted by Crippen LogP contribution is -2.55. The summed E-state index contributed by atoms with van der Waals surface area (Å²) in [6.07, 6.45) is 1.23. The first-order chi connectivity index (χ1) is 8.61. The molecule has 1 fully saturated rings. The highest BCUT2D eigenvalue weighted by molar-refractivity contribution is 9.10. The fraction of sp³-hybridized carbons (Fsp3) is 0.571. The standard InChI is InChI=1S/C14H18BrNO2/c1-9-8-16-5-4-14(9)7-12(17)11-6-10(15)2-3-13(11)18-14/h2-3,6,9,12,16-17H,4-5,7-8H2,1H3. The van der Waals surface area contributed by atoms with Crippen molar-refractivity contribution in [2.75, 3.05) is 13.1 Å². The summed E-state index contributed by atoms with van der Waals surface area (Å²) >= 11 is 3.44. The molecule has 1 saturated heterocycles. The molecule has 2 N–H and O–H groups in total. The summed E-state index contributed by atoms with van der Waals surface area (Å²) in [6.45, 7) is 4.12. The average molecular weight is 312 g/mol. The SMILES string of the molecule is CC1CNCCC12CC(O)c1cc(Br)ccc1O2. The molecule has 0 aliphatic carbocycles. The fourth-order valence-electron chi connectivity index (χ4n) is 3.08. The van der Waals surface area contributed by atoms with Crippen molar-refractivity contribution >= 4 is 15.9 Å². The van der Waals surface area contributed by atoms with Gasteiger partial charge in [0.15, 0.2) is 0 Å². The van der Waals surface area contributed by atoms with Crippen molar-refractivity contribution in [3.63, 3.8) is 0 Å². The Morgan fingerprint density at radius 3 is 3.11 bits per heavy atom. The first-order valence-corrected chi connectivity index (χ1v) is 7.27. The van der Waals surface area contributed by atoms with Gasteiger partial charge in [-0.3, -0.25) is 0 Å². The van der Waals surface area contributed by atoms with E-state index in [1.165, 1.54) is 0 Å². The van der Waals surface area contributed by atoms with Gasteiger partial charge in [-0.25, -0.2) is 0 Å². The zero-order valence-electron chi connectivity index (χ0n) is 10.4. The van der Waals surface area contributed by atoms with Crippen molar-refractivity contribution in [1.29, 1.82) is 0 Å². The molecule has 1 aromatic rings. The van der Waals surface area contributed by atoms with Gasteiger partial charge >= 0.3 is 0 Å². The minimum Gasteiger partial charge on any atom is -0.486 e. The number of fused-ring (bicyclic) bond motifs is 1. The molecule has 98 valence electrons. The molecule has 0 radical (unpaired) electrons. The van der Waals surface area contributed by atoms with E-state index in [9.17, 15) is 5.11 Å². The minimum atomic E-state index is -0.424. The maximum absolute atomic E-state index is 10.4. The normalized spacial score (nSPS) is 35.1. The Morgan fingerprint density at radius 1 is 1.50 bits per heavy atom. The zero-order valence-corrected chi connectivity index (χ0v) is 12.0. The minimum absolute atomic E-state index is 0.203. The van der Waals surface area contributed by atoms with E-state index >= 15 is 0 Å². The molecule has 0 amide bonds. The molecule has 0 aromatic heterocycles. The van der Waals surface area contributed by atoms with Crippen LogP contribution in [0.4, 0.5) is 0 Å². The Balaban J connectivity index is 1.98. The first-order valence-electron chi connectivity index (χ1n) is 6.48. The monoisotopic (exact) mass is 311 g/mol. The topological polar surface area (TPSA) is 41.5 Å². The number of nitrogens with one attached hydrogen (secondary N) is 1. The van der Waals surface area contributed by atoms with Gasteiger partial charge in [0.25, 0.3) is 0 Å². The lowest BCUT2D eigenvalue weighted by atomic mass is 9.76. The number of hydrogen-bond acceptors (Lipinski definition) is 3. The summed E-state index contributed by atoms with van der Waals surface area (Å²) < 4.78 is 7.26. The van der Waals surface area contributed by atoms with Crippen LogP contribution in [0.1, 0.15) is 31.4 Å². The molecular formula is C14H18BrNO2. The van der Waals surface area contributed by atoms with Crippen LogP contribution in [0.2, 0.25) is 0 Å². The van der Waals surface area contributed by atoms with E-state index in [0.29, 0.717) is 12.3 Å². The number of aliphatic hydroxyl groups is 1. The van der Waals surface area contributed by atoms with Crippen LogP contribution in [0.3, 0.4) is 0 Å². The highest BCUT2D eigenvalue weighted by Gasteiger charge is 2.45. The van der Waals surface area contributed by atoms with E-state index in [0.717, 1.165) is 35.3 Å². The van der Waals surface area contributed by atoms with Gasteiger partial charge < -0.3 is 15.2 Å². The third-order valence-corrected chi connectivity index (χ3v) is 4.75. The van der Waals surface area contributed by atoms with E-state index in [1.54, 1.807) is 0 Å². The molecule has 0 saturated carbocycles. The van der Waals surface area contributed by atoms with Gasteiger partial charge in [-0.2, -0.15) is 0 Å². The second-order valence-corrected chi connectivity index (χ2v) is 6.34. The zero-order chi connectivity index (χ0) is 12.8. The maximum atomic E-state index is 10.4. The number of rotatable bonds is 0. The second-order valence-electron chi connectivity index (χ2n) is 5.42. The van der Waals surface area contributed by atoms with Crippen LogP contribution in [0.5, 0.6) is 5.75 Å². The Hall–Kier alpha value is -0.580. The molecule has 2 heterocycles. The van der Waals surface area contributed by atoms with Gasteiger partial charge in [0.1, 0.15) is 11.4 Å². The Kier molecular flexibility index (Phi) is 3.12. The van der Waals surface area contributed by atoms with Crippen molar-refractivity contribution in [3.8, 4) is 5.75 Å². The molecule has 3 nitrogen and oxygen atoms in total. The molecule has 2 aliphatic rings. The summed E-state index contributed by atoms with van der Waals surface area (Å²) in [5.41, 5.74) is 0.701.